The van der Waals surface area contributed by atoms with Crippen LogP contribution in [0, 0.1) is 11.8 Å². The molecule has 2 aliphatic carbocycles. The number of aliphatic carboxylic acids is 1. The lowest BCUT2D eigenvalue weighted by atomic mass is 9.75. The number of rotatable bonds is 7. The van der Waals surface area contributed by atoms with Crippen molar-refractivity contribution in [3.05, 3.63) is 88.4 Å². The van der Waals surface area contributed by atoms with Gasteiger partial charge in [-0.1, -0.05) is 36.4 Å². The van der Waals surface area contributed by atoms with Gasteiger partial charge in [0.15, 0.2) is 18.3 Å². The number of hydroxylamine groups is 3. The third-order valence-electron chi connectivity index (χ3n) is 9.00. The average molecular weight is 547 g/mol. The van der Waals surface area contributed by atoms with Gasteiger partial charge in [-0.2, -0.15) is 0 Å². The van der Waals surface area contributed by atoms with E-state index in [1.165, 1.54) is 24.0 Å². The largest absolute Gasteiger partial charge is 0.493 e. The van der Waals surface area contributed by atoms with E-state index in [0.29, 0.717) is 51.4 Å². The van der Waals surface area contributed by atoms with Crippen LogP contribution in [0.4, 0.5) is 0 Å². The molecule has 212 valence electrons. The monoisotopic (exact) mass is 546 g/mol. The highest BCUT2D eigenvalue weighted by Gasteiger charge is 2.56. The first-order chi connectivity index (χ1) is 19.6. The second-order valence-corrected chi connectivity index (χ2v) is 11.3. The van der Waals surface area contributed by atoms with Crippen molar-refractivity contribution >= 4 is 5.97 Å². The second-order valence-electron chi connectivity index (χ2n) is 11.3. The molecule has 1 aromatic carbocycles. The molecule has 0 amide bonds. The van der Waals surface area contributed by atoms with Crippen molar-refractivity contribution in [2.45, 2.75) is 51.0 Å². The van der Waals surface area contributed by atoms with Gasteiger partial charge < -0.3 is 19.3 Å². The molecule has 4 unspecified atom stereocenters. The van der Waals surface area contributed by atoms with E-state index in [0.717, 1.165) is 41.9 Å². The third-order valence-corrected chi connectivity index (χ3v) is 9.00. The van der Waals surface area contributed by atoms with Gasteiger partial charge >= 0.3 is 5.97 Å². The first kappa shape index (κ1) is 27.1. The molecule has 1 aromatic rings. The molecule has 7 heteroatoms. The minimum atomic E-state index is -0.874. The molecule has 0 aromatic heterocycles. The topological polar surface area (TPSA) is 74.2 Å². The minimum absolute atomic E-state index is 0.0450. The van der Waals surface area contributed by atoms with E-state index in [4.69, 9.17) is 19.0 Å². The summed E-state index contributed by atoms with van der Waals surface area (Å²) in [7, 11) is 1.74. The van der Waals surface area contributed by atoms with E-state index in [2.05, 4.69) is 48.7 Å². The van der Waals surface area contributed by atoms with Crippen LogP contribution in [-0.2, 0) is 31.9 Å². The van der Waals surface area contributed by atoms with Crippen molar-refractivity contribution < 1.29 is 33.6 Å². The Hall–Kier alpha value is -3.13. The highest BCUT2D eigenvalue weighted by molar-refractivity contribution is 5.88. The molecule has 3 aliphatic heterocycles. The van der Waals surface area contributed by atoms with Crippen molar-refractivity contribution in [1.29, 1.82) is 0 Å². The number of allylic oxidation sites excluding steroid dienone is 3. The number of hydrogen-bond acceptors (Lipinski definition) is 5. The summed E-state index contributed by atoms with van der Waals surface area (Å²) >= 11 is 0. The standard InChI is InChI=1S/C33H39NO6/c1-37-34-21-24-20-25(22-34)39-19-18-38-16-6-14-30(33(35)36)28(29-12-5-11-27(24)32(29)34)13-7-17-40-31-15-4-9-23-8-2-3-10-26(23)31/h4-5,9,11-12,14-15,20-21,27-28,32H,2-3,6-8,10,13,16-19,22H2,1H3/p+1/b30-14+. The summed E-state index contributed by atoms with van der Waals surface area (Å²) in [5.74, 6) is 0.827. The van der Waals surface area contributed by atoms with Gasteiger partial charge in [-0.05, 0) is 73.8 Å². The number of carboxylic acids is 1. The normalized spacial score (nSPS) is 30.6. The van der Waals surface area contributed by atoms with Crippen LogP contribution in [0.25, 0.3) is 0 Å². The number of carbonyl (C=O) groups is 1. The Labute approximate surface area is 236 Å². The maximum absolute atomic E-state index is 12.7. The van der Waals surface area contributed by atoms with Crippen molar-refractivity contribution in [3.8, 4) is 5.75 Å². The Morgan fingerprint density at radius 2 is 2.08 bits per heavy atom. The fourth-order valence-corrected chi connectivity index (χ4v) is 7.19. The zero-order valence-corrected chi connectivity index (χ0v) is 23.3. The summed E-state index contributed by atoms with van der Waals surface area (Å²) in [4.78, 5) is 19.0. The predicted octanol–water partition coefficient (Wildman–Crippen LogP) is 5.44. The minimum Gasteiger partial charge on any atom is -0.493 e. The lowest BCUT2D eigenvalue weighted by Gasteiger charge is -2.40. The Bertz CT molecular complexity index is 1290. The van der Waals surface area contributed by atoms with Crippen LogP contribution in [0.5, 0.6) is 5.75 Å². The number of hydrogen-bond donors (Lipinski definition) is 1. The highest BCUT2D eigenvalue weighted by Crippen LogP contribution is 2.49. The number of benzene rings is 1. The molecular weight excluding hydrogens is 506 g/mol. The van der Waals surface area contributed by atoms with Gasteiger partial charge in [0.05, 0.1) is 32.8 Å². The molecule has 40 heavy (non-hydrogen) atoms. The number of ether oxygens (including phenoxy) is 3. The summed E-state index contributed by atoms with van der Waals surface area (Å²) in [5.41, 5.74) is 5.43. The third kappa shape index (κ3) is 5.18. The first-order valence-corrected chi connectivity index (χ1v) is 14.7. The molecule has 3 bridgehead atoms. The molecule has 7 nitrogen and oxygen atoms in total. The summed E-state index contributed by atoms with van der Waals surface area (Å²) in [6, 6.07) is 6.33. The molecule has 0 spiro atoms. The number of fused-ring (bicyclic) bond motifs is 3. The molecule has 0 saturated heterocycles. The van der Waals surface area contributed by atoms with Crippen molar-refractivity contribution in [2.75, 3.05) is 40.1 Å². The van der Waals surface area contributed by atoms with E-state index in [1.54, 1.807) is 7.11 Å². The smallest absolute Gasteiger partial charge is 0.331 e. The lowest BCUT2D eigenvalue weighted by Crippen LogP contribution is -2.53. The zero-order valence-electron chi connectivity index (χ0n) is 23.3. The first-order valence-electron chi connectivity index (χ1n) is 14.7. The van der Waals surface area contributed by atoms with E-state index >= 15 is 0 Å². The summed E-state index contributed by atoms with van der Waals surface area (Å²) in [6.45, 7) is 2.49. The fourth-order valence-electron chi connectivity index (χ4n) is 7.19. The van der Waals surface area contributed by atoms with Crippen LogP contribution >= 0.6 is 0 Å². The average Bonchev–Trinajstić information content (AvgIpc) is 3.21. The number of carboxylic acid groups (broad SMARTS) is 1. The van der Waals surface area contributed by atoms with E-state index in [-0.39, 0.29) is 22.5 Å². The van der Waals surface area contributed by atoms with Crippen molar-refractivity contribution in [1.82, 2.24) is 0 Å². The molecule has 0 fully saturated rings. The van der Waals surface area contributed by atoms with Gasteiger partial charge in [0.25, 0.3) is 0 Å². The molecule has 5 aliphatic rings. The van der Waals surface area contributed by atoms with Crippen LogP contribution in [0.2, 0.25) is 0 Å². The molecule has 3 heterocycles. The predicted molar refractivity (Wildman–Crippen MR) is 151 cm³/mol. The van der Waals surface area contributed by atoms with Gasteiger partial charge in [-0.3, -0.25) is 0 Å². The maximum Gasteiger partial charge on any atom is 0.331 e. The summed E-state index contributed by atoms with van der Waals surface area (Å²) in [6.07, 6.45) is 19.2. The summed E-state index contributed by atoms with van der Waals surface area (Å²) in [5, 5.41) is 10.4. The number of aryl methyl sites for hydroxylation is 1. The number of quaternary nitrogens is 1. The molecule has 6 rings (SSSR count). The lowest BCUT2D eigenvalue weighted by molar-refractivity contribution is -1.07. The van der Waals surface area contributed by atoms with Gasteiger partial charge in [0, 0.05) is 17.1 Å². The van der Waals surface area contributed by atoms with E-state index in [1.807, 2.05) is 6.08 Å². The Morgan fingerprint density at radius 1 is 1.18 bits per heavy atom. The van der Waals surface area contributed by atoms with Crippen molar-refractivity contribution in [3.63, 3.8) is 0 Å². The molecule has 4 atom stereocenters. The van der Waals surface area contributed by atoms with Crippen LogP contribution in [-0.4, -0.2) is 61.8 Å². The SMILES string of the molecule is CO[N+]12C=C3C=C(C1)OCCOCC/C=C(/C(=O)O)C(CCCOc1cccc4c1CCCC4)C1=CC=CC3C12. The Balaban J connectivity index is 1.28. The van der Waals surface area contributed by atoms with Crippen LogP contribution < -0.4 is 4.74 Å². The van der Waals surface area contributed by atoms with Crippen LogP contribution in [0.15, 0.2) is 77.3 Å². The zero-order chi connectivity index (χ0) is 27.5. The van der Waals surface area contributed by atoms with E-state index in [9.17, 15) is 9.90 Å². The van der Waals surface area contributed by atoms with E-state index < -0.39 is 5.97 Å². The van der Waals surface area contributed by atoms with Gasteiger partial charge in [0.1, 0.15) is 18.6 Å². The quantitative estimate of drug-likeness (QED) is 0.363. The molecule has 0 saturated carbocycles. The molecule has 0 radical (unpaired) electrons. The highest BCUT2D eigenvalue weighted by atomic mass is 16.7. The van der Waals surface area contributed by atoms with Gasteiger partial charge in [0.2, 0.25) is 0 Å². The Kier molecular flexibility index (Phi) is 7.96. The maximum atomic E-state index is 12.7. The number of nitrogens with zero attached hydrogens (tertiary/aromatic N) is 1. The summed E-state index contributed by atoms with van der Waals surface area (Å²) < 4.78 is 18.5. The van der Waals surface area contributed by atoms with Crippen LogP contribution in [0.3, 0.4) is 0 Å². The van der Waals surface area contributed by atoms with Gasteiger partial charge in [-0.15, -0.1) is 4.65 Å². The fraction of sp³-hybridized carbons (Fsp3) is 0.485. The van der Waals surface area contributed by atoms with Crippen molar-refractivity contribution in [2.24, 2.45) is 11.8 Å². The van der Waals surface area contributed by atoms with Gasteiger partial charge in [-0.25, -0.2) is 9.63 Å². The van der Waals surface area contributed by atoms with Crippen LogP contribution in [0.1, 0.15) is 43.2 Å². The Morgan fingerprint density at radius 3 is 2.95 bits per heavy atom. The second kappa shape index (κ2) is 11.8. The molecular formula is C33H40NO6+. The molecule has 1 N–H and O–H groups in total.